The van der Waals surface area contributed by atoms with Crippen LogP contribution in [-0.2, 0) is 9.59 Å². The fourth-order valence-corrected chi connectivity index (χ4v) is 2.81. The molecule has 1 amide bonds. The molecule has 34 heavy (non-hydrogen) atoms. The molecule has 0 spiro atoms. The molecule has 8 heteroatoms. The number of esters is 1. The van der Waals surface area contributed by atoms with Gasteiger partial charge >= 0.3 is 5.97 Å². The van der Waals surface area contributed by atoms with Crippen LogP contribution in [0.15, 0.2) is 84.0 Å². The Bertz CT molecular complexity index is 1170. The third-order valence-electron chi connectivity index (χ3n) is 4.44. The Labute approximate surface area is 197 Å². The molecule has 0 aliphatic rings. The maximum absolute atomic E-state index is 12.1. The van der Waals surface area contributed by atoms with Gasteiger partial charge in [0.15, 0.2) is 29.6 Å². The Morgan fingerprint density at radius 2 is 1.53 bits per heavy atom. The number of carbonyl (C=O) groups is 2. The predicted molar refractivity (Wildman–Crippen MR) is 128 cm³/mol. The molecule has 8 nitrogen and oxygen atoms in total. The van der Waals surface area contributed by atoms with Gasteiger partial charge in [-0.2, -0.15) is 5.10 Å². The molecule has 3 aromatic rings. The molecule has 0 unspecified atom stereocenters. The average molecular weight is 460 g/mol. The highest BCUT2D eigenvalue weighted by Gasteiger charge is 2.09. The molecular weight excluding hydrogens is 436 g/mol. The zero-order valence-electron chi connectivity index (χ0n) is 18.8. The minimum absolute atomic E-state index is 0.230. The van der Waals surface area contributed by atoms with E-state index in [2.05, 4.69) is 10.5 Å². The number of benzene rings is 3. The van der Waals surface area contributed by atoms with E-state index in [1.54, 1.807) is 48.5 Å². The maximum atomic E-state index is 12.1. The minimum Gasteiger partial charge on any atom is -0.493 e. The van der Waals surface area contributed by atoms with Gasteiger partial charge in [0, 0.05) is 6.08 Å². The number of nitrogens with zero attached hydrogens (tertiary/aromatic N) is 1. The Morgan fingerprint density at radius 1 is 0.824 bits per heavy atom. The van der Waals surface area contributed by atoms with Crippen molar-refractivity contribution in [3.63, 3.8) is 0 Å². The fourth-order valence-electron chi connectivity index (χ4n) is 2.81. The molecule has 0 bridgehead atoms. The van der Waals surface area contributed by atoms with Crippen LogP contribution >= 0.6 is 0 Å². The van der Waals surface area contributed by atoms with E-state index >= 15 is 0 Å². The smallest absolute Gasteiger partial charge is 0.336 e. The van der Waals surface area contributed by atoms with Gasteiger partial charge in [-0.15, -0.1) is 0 Å². The van der Waals surface area contributed by atoms with Gasteiger partial charge in [0.25, 0.3) is 5.91 Å². The van der Waals surface area contributed by atoms with E-state index in [-0.39, 0.29) is 12.4 Å². The molecule has 3 rings (SSSR count). The van der Waals surface area contributed by atoms with E-state index in [1.165, 1.54) is 26.5 Å². The normalized spacial score (nSPS) is 10.8. The first-order valence-corrected chi connectivity index (χ1v) is 10.3. The van der Waals surface area contributed by atoms with E-state index in [4.69, 9.17) is 18.9 Å². The van der Waals surface area contributed by atoms with Gasteiger partial charge < -0.3 is 18.9 Å². The van der Waals surface area contributed by atoms with Crippen molar-refractivity contribution in [2.75, 3.05) is 20.8 Å². The number of nitrogens with one attached hydrogen (secondary N) is 1. The third kappa shape index (κ3) is 7.23. The predicted octanol–water partition coefficient (Wildman–Crippen LogP) is 3.85. The molecular formula is C26H24N2O6. The van der Waals surface area contributed by atoms with Crippen molar-refractivity contribution >= 4 is 24.2 Å². The minimum atomic E-state index is -0.536. The van der Waals surface area contributed by atoms with Gasteiger partial charge in [-0.1, -0.05) is 42.5 Å². The number of methoxy groups -OCH3 is 2. The fraction of sp³-hybridized carbons (Fsp3) is 0.115. The summed E-state index contributed by atoms with van der Waals surface area (Å²) in [5.41, 5.74) is 3.89. The van der Waals surface area contributed by atoms with Crippen LogP contribution < -0.4 is 24.4 Å². The van der Waals surface area contributed by atoms with E-state index in [9.17, 15) is 9.59 Å². The molecule has 0 heterocycles. The lowest BCUT2D eigenvalue weighted by molar-refractivity contribution is -0.129. The van der Waals surface area contributed by atoms with Crippen molar-refractivity contribution in [3.8, 4) is 23.0 Å². The van der Waals surface area contributed by atoms with Gasteiger partial charge in [0.05, 0.1) is 20.4 Å². The van der Waals surface area contributed by atoms with E-state index in [0.29, 0.717) is 22.8 Å². The van der Waals surface area contributed by atoms with E-state index < -0.39 is 11.9 Å². The number of hydrogen-bond acceptors (Lipinski definition) is 7. The van der Waals surface area contributed by atoms with Crippen molar-refractivity contribution < 1.29 is 28.5 Å². The first kappa shape index (κ1) is 24.1. The largest absolute Gasteiger partial charge is 0.493 e. The Morgan fingerprint density at radius 3 is 2.26 bits per heavy atom. The van der Waals surface area contributed by atoms with Crippen LogP contribution in [0.5, 0.6) is 23.0 Å². The molecule has 0 aliphatic carbocycles. The zero-order valence-corrected chi connectivity index (χ0v) is 18.8. The highest BCUT2D eigenvalue weighted by Crippen LogP contribution is 2.28. The van der Waals surface area contributed by atoms with Crippen LogP contribution in [0.4, 0.5) is 0 Å². The number of para-hydroxylation sites is 2. The lowest BCUT2D eigenvalue weighted by Crippen LogP contribution is -2.24. The van der Waals surface area contributed by atoms with Gasteiger partial charge in [-0.3, -0.25) is 4.79 Å². The summed E-state index contributed by atoms with van der Waals surface area (Å²) in [5.74, 6) is 0.614. The van der Waals surface area contributed by atoms with Crippen LogP contribution in [0.2, 0.25) is 0 Å². The summed E-state index contributed by atoms with van der Waals surface area (Å²) in [7, 11) is 2.98. The molecule has 0 aromatic heterocycles. The molecule has 0 saturated carbocycles. The van der Waals surface area contributed by atoms with E-state index in [1.807, 2.05) is 30.3 Å². The number of ether oxygens (including phenoxy) is 4. The quantitative estimate of drug-likeness (QED) is 0.162. The molecule has 0 fully saturated rings. The molecule has 3 aromatic carbocycles. The second-order valence-electron chi connectivity index (χ2n) is 6.81. The number of carbonyl (C=O) groups excluding carboxylic acids is 2. The highest BCUT2D eigenvalue weighted by atomic mass is 16.6. The van der Waals surface area contributed by atoms with Crippen molar-refractivity contribution in [1.82, 2.24) is 5.43 Å². The first-order chi connectivity index (χ1) is 16.6. The van der Waals surface area contributed by atoms with Crippen LogP contribution in [-0.4, -0.2) is 38.9 Å². The summed E-state index contributed by atoms with van der Waals surface area (Å²) in [6, 6.07) is 21.3. The molecule has 0 atom stereocenters. The molecule has 0 aliphatic heterocycles. The number of hydrogen-bond donors (Lipinski definition) is 1. The average Bonchev–Trinajstić information content (AvgIpc) is 2.87. The first-order valence-electron chi connectivity index (χ1n) is 10.3. The summed E-state index contributed by atoms with van der Waals surface area (Å²) in [5, 5.41) is 3.92. The van der Waals surface area contributed by atoms with Crippen LogP contribution in [0.25, 0.3) is 6.08 Å². The van der Waals surface area contributed by atoms with Crippen molar-refractivity contribution in [1.29, 1.82) is 0 Å². The second-order valence-corrected chi connectivity index (χ2v) is 6.81. The molecule has 174 valence electrons. The standard InChI is InChI=1S/C26H24N2O6/c1-31-21-10-6-7-11-22(21)33-18-25(29)28-27-17-20-12-14-23(24(16-20)32-2)34-26(30)15-13-19-8-4-3-5-9-19/h3-17H,18H2,1-2H3,(H,28,29)/b15-13+,27-17-. The summed E-state index contributed by atoms with van der Waals surface area (Å²) < 4.78 is 21.3. The third-order valence-corrected chi connectivity index (χ3v) is 4.44. The number of amides is 1. The Balaban J connectivity index is 1.53. The lowest BCUT2D eigenvalue weighted by Gasteiger charge is -2.09. The zero-order chi connectivity index (χ0) is 24.2. The van der Waals surface area contributed by atoms with Gasteiger partial charge in [0.2, 0.25) is 0 Å². The lowest BCUT2D eigenvalue weighted by atomic mass is 10.2. The maximum Gasteiger partial charge on any atom is 0.336 e. The molecule has 0 radical (unpaired) electrons. The van der Waals surface area contributed by atoms with Gasteiger partial charge in [-0.25, -0.2) is 10.2 Å². The van der Waals surface area contributed by atoms with E-state index in [0.717, 1.165) is 5.56 Å². The Kier molecular flexibility index (Phi) is 8.81. The van der Waals surface area contributed by atoms with Gasteiger partial charge in [-0.05, 0) is 47.5 Å². The summed E-state index contributed by atoms with van der Waals surface area (Å²) in [6.07, 6.45) is 4.44. The number of rotatable bonds is 10. The second kappa shape index (κ2) is 12.4. The van der Waals surface area contributed by atoms with Crippen molar-refractivity contribution in [3.05, 3.63) is 90.0 Å². The number of hydrazone groups is 1. The summed E-state index contributed by atoms with van der Waals surface area (Å²) in [4.78, 5) is 24.1. The summed E-state index contributed by atoms with van der Waals surface area (Å²) >= 11 is 0. The van der Waals surface area contributed by atoms with Crippen LogP contribution in [0, 0.1) is 0 Å². The van der Waals surface area contributed by atoms with Crippen molar-refractivity contribution in [2.45, 2.75) is 0 Å². The topological polar surface area (TPSA) is 95.5 Å². The van der Waals surface area contributed by atoms with Crippen LogP contribution in [0.1, 0.15) is 11.1 Å². The molecule has 0 saturated heterocycles. The SMILES string of the molecule is COc1ccccc1OCC(=O)N/N=C\c1ccc(OC(=O)/C=C/c2ccccc2)c(OC)c1. The van der Waals surface area contributed by atoms with Gasteiger partial charge in [0.1, 0.15) is 0 Å². The monoisotopic (exact) mass is 460 g/mol. The van der Waals surface area contributed by atoms with Crippen LogP contribution in [0.3, 0.4) is 0 Å². The summed E-state index contributed by atoms with van der Waals surface area (Å²) in [6.45, 7) is -0.230. The van der Waals surface area contributed by atoms with Crippen molar-refractivity contribution in [2.24, 2.45) is 5.10 Å². The Hall–Kier alpha value is -4.59. The highest BCUT2D eigenvalue weighted by molar-refractivity contribution is 5.89. The molecule has 1 N–H and O–H groups in total.